The highest BCUT2D eigenvalue weighted by Gasteiger charge is 1.88. The molecule has 0 aliphatic heterocycles. The van der Waals surface area contributed by atoms with Gasteiger partial charge in [-0.15, -0.1) is 0 Å². The van der Waals surface area contributed by atoms with Gasteiger partial charge in [0.2, 0.25) is 0 Å². The highest BCUT2D eigenvalue weighted by atomic mass is 32.2. The molecule has 0 aliphatic rings. The van der Waals surface area contributed by atoms with Gasteiger partial charge in [-0.3, -0.25) is 0 Å². The van der Waals surface area contributed by atoms with Crippen LogP contribution in [-0.4, -0.2) is 18.6 Å². The molecule has 0 amide bonds. The van der Waals surface area contributed by atoms with E-state index in [1.807, 2.05) is 6.26 Å². The summed E-state index contributed by atoms with van der Waals surface area (Å²) >= 11 is 1.78. The molecule has 10 heavy (non-hydrogen) atoms. The van der Waals surface area contributed by atoms with Crippen molar-refractivity contribution in [3.63, 3.8) is 0 Å². The minimum absolute atomic E-state index is 0.221. The van der Waals surface area contributed by atoms with Crippen LogP contribution in [0.4, 0.5) is 4.39 Å². The van der Waals surface area contributed by atoms with Crippen LogP contribution in [0.3, 0.4) is 0 Å². The van der Waals surface area contributed by atoms with Crippen molar-refractivity contribution >= 4 is 11.8 Å². The molecule has 0 aromatic heterocycles. The molecular formula is C7H14FNS. The Morgan fingerprint density at radius 3 is 2.90 bits per heavy atom. The summed E-state index contributed by atoms with van der Waals surface area (Å²) in [5.74, 6) is 0.866. The van der Waals surface area contributed by atoms with E-state index in [0.29, 0.717) is 0 Å². The smallest absolute Gasteiger partial charge is 0.182 e. The molecule has 0 saturated heterocycles. The third kappa shape index (κ3) is 5.95. The fourth-order valence-corrected chi connectivity index (χ4v) is 0.959. The van der Waals surface area contributed by atoms with Crippen molar-refractivity contribution < 1.29 is 4.39 Å². The van der Waals surface area contributed by atoms with Gasteiger partial charge in [0.25, 0.3) is 0 Å². The molecule has 0 unspecified atom stereocenters. The SMILES string of the molecule is C/C=C(/F)NCCCSC. The van der Waals surface area contributed by atoms with Gasteiger partial charge in [0, 0.05) is 6.54 Å². The lowest BCUT2D eigenvalue weighted by Crippen LogP contribution is -2.11. The molecule has 1 nitrogen and oxygen atoms in total. The molecule has 0 rings (SSSR count). The van der Waals surface area contributed by atoms with E-state index in [-0.39, 0.29) is 5.95 Å². The maximum absolute atomic E-state index is 12.3. The van der Waals surface area contributed by atoms with E-state index in [2.05, 4.69) is 5.32 Å². The predicted molar refractivity (Wildman–Crippen MR) is 45.9 cm³/mol. The van der Waals surface area contributed by atoms with Gasteiger partial charge < -0.3 is 5.32 Å². The van der Waals surface area contributed by atoms with E-state index in [9.17, 15) is 4.39 Å². The summed E-state index contributed by atoms with van der Waals surface area (Å²) in [6.45, 7) is 2.41. The third-order valence-corrected chi connectivity index (χ3v) is 1.77. The second-order valence-electron chi connectivity index (χ2n) is 1.91. The van der Waals surface area contributed by atoms with Crippen LogP contribution in [0.15, 0.2) is 12.0 Å². The normalized spacial score (nSPS) is 11.7. The molecule has 0 spiro atoms. The Labute approximate surface area is 66.1 Å². The quantitative estimate of drug-likeness (QED) is 0.492. The first-order valence-corrected chi connectivity index (χ1v) is 4.75. The fraction of sp³-hybridized carbons (Fsp3) is 0.714. The molecule has 3 heteroatoms. The number of rotatable bonds is 5. The van der Waals surface area contributed by atoms with Gasteiger partial charge >= 0.3 is 0 Å². The Hall–Kier alpha value is -0.180. The minimum Gasteiger partial charge on any atom is -0.362 e. The number of allylic oxidation sites excluding steroid dienone is 1. The molecule has 1 N–H and O–H groups in total. The van der Waals surface area contributed by atoms with E-state index in [4.69, 9.17) is 0 Å². The zero-order chi connectivity index (χ0) is 7.82. The minimum atomic E-state index is -0.221. The summed E-state index contributed by atoms with van der Waals surface area (Å²) in [7, 11) is 0. The van der Waals surface area contributed by atoms with E-state index < -0.39 is 0 Å². The van der Waals surface area contributed by atoms with Crippen molar-refractivity contribution in [2.75, 3.05) is 18.6 Å². The maximum atomic E-state index is 12.3. The molecule has 0 saturated carbocycles. The molecule has 0 radical (unpaired) electrons. The van der Waals surface area contributed by atoms with Crippen LogP contribution in [0.2, 0.25) is 0 Å². The Morgan fingerprint density at radius 2 is 2.40 bits per heavy atom. The number of hydrogen-bond acceptors (Lipinski definition) is 2. The predicted octanol–water partition coefficient (Wildman–Crippen LogP) is 2.16. The molecule has 60 valence electrons. The van der Waals surface area contributed by atoms with Gasteiger partial charge in [-0.2, -0.15) is 16.2 Å². The van der Waals surface area contributed by atoms with Crippen LogP contribution in [0.1, 0.15) is 13.3 Å². The fourth-order valence-electron chi connectivity index (χ4n) is 0.526. The Kier molecular flexibility index (Phi) is 6.81. The van der Waals surface area contributed by atoms with Gasteiger partial charge in [0.15, 0.2) is 5.95 Å². The lowest BCUT2D eigenvalue weighted by molar-refractivity contribution is 0.539. The van der Waals surface area contributed by atoms with Crippen molar-refractivity contribution in [1.82, 2.24) is 5.32 Å². The Bertz CT molecular complexity index is 104. The van der Waals surface area contributed by atoms with Crippen LogP contribution < -0.4 is 5.32 Å². The van der Waals surface area contributed by atoms with Gasteiger partial charge in [0.1, 0.15) is 0 Å². The van der Waals surface area contributed by atoms with Gasteiger partial charge in [0.05, 0.1) is 0 Å². The lowest BCUT2D eigenvalue weighted by atomic mass is 10.5. The highest BCUT2D eigenvalue weighted by molar-refractivity contribution is 7.98. The topological polar surface area (TPSA) is 12.0 Å². The summed E-state index contributed by atoms with van der Waals surface area (Å²) in [5, 5.41) is 2.65. The van der Waals surface area contributed by atoms with Crippen LogP contribution in [-0.2, 0) is 0 Å². The average Bonchev–Trinajstić information content (AvgIpc) is 1.98. The van der Waals surface area contributed by atoms with E-state index in [1.165, 1.54) is 6.08 Å². The van der Waals surface area contributed by atoms with Gasteiger partial charge in [-0.1, -0.05) is 0 Å². The van der Waals surface area contributed by atoms with Crippen LogP contribution in [0.5, 0.6) is 0 Å². The number of halogens is 1. The first-order valence-electron chi connectivity index (χ1n) is 3.36. The summed E-state index contributed by atoms with van der Waals surface area (Å²) in [5.41, 5.74) is 0. The standard InChI is InChI=1S/C7H14FNS/c1-3-7(8)9-5-4-6-10-2/h3,9H,4-6H2,1-2H3/b7-3-. The summed E-state index contributed by atoms with van der Waals surface area (Å²) < 4.78 is 12.3. The highest BCUT2D eigenvalue weighted by Crippen LogP contribution is 1.95. The van der Waals surface area contributed by atoms with Crippen LogP contribution in [0, 0.1) is 0 Å². The lowest BCUT2D eigenvalue weighted by Gasteiger charge is -2.00. The zero-order valence-corrected chi connectivity index (χ0v) is 7.30. The van der Waals surface area contributed by atoms with Gasteiger partial charge in [-0.05, 0) is 31.4 Å². The van der Waals surface area contributed by atoms with Crippen LogP contribution in [0.25, 0.3) is 0 Å². The Balaban J connectivity index is 3.04. The second-order valence-corrected chi connectivity index (χ2v) is 2.90. The van der Waals surface area contributed by atoms with E-state index in [1.54, 1.807) is 18.7 Å². The monoisotopic (exact) mass is 163 g/mol. The molecule has 0 bridgehead atoms. The van der Waals surface area contributed by atoms with Crippen LogP contribution >= 0.6 is 11.8 Å². The van der Waals surface area contributed by atoms with Crippen molar-refractivity contribution in [3.05, 3.63) is 12.0 Å². The number of thioether (sulfide) groups is 1. The molecular weight excluding hydrogens is 149 g/mol. The summed E-state index contributed by atoms with van der Waals surface area (Å²) in [4.78, 5) is 0. The van der Waals surface area contributed by atoms with Crippen molar-refractivity contribution in [3.8, 4) is 0 Å². The molecule has 0 aliphatic carbocycles. The van der Waals surface area contributed by atoms with E-state index in [0.717, 1.165) is 18.7 Å². The number of hydrogen-bond donors (Lipinski definition) is 1. The molecule has 0 heterocycles. The number of nitrogens with one attached hydrogen (secondary N) is 1. The largest absolute Gasteiger partial charge is 0.362 e. The Morgan fingerprint density at radius 1 is 1.70 bits per heavy atom. The molecule has 0 aromatic rings. The van der Waals surface area contributed by atoms with E-state index >= 15 is 0 Å². The summed E-state index contributed by atoms with van der Waals surface area (Å²) in [6.07, 6.45) is 4.49. The second kappa shape index (κ2) is 6.93. The maximum Gasteiger partial charge on any atom is 0.182 e. The average molecular weight is 163 g/mol. The first kappa shape index (κ1) is 9.82. The van der Waals surface area contributed by atoms with Crippen molar-refractivity contribution in [2.24, 2.45) is 0 Å². The zero-order valence-electron chi connectivity index (χ0n) is 6.48. The summed E-state index contributed by atoms with van der Waals surface area (Å²) in [6, 6.07) is 0. The molecule has 0 aromatic carbocycles. The molecule has 0 atom stereocenters. The van der Waals surface area contributed by atoms with Gasteiger partial charge in [-0.25, -0.2) is 0 Å². The van der Waals surface area contributed by atoms with Crippen molar-refractivity contribution in [2.45, 2.75) is 13.3 Å². The first-order chi connectivity index (χ1) is 4.81. The third-order valence-electron chi connectivity index (χ3n) is 1.07. The molecule has 0 fully saturated rings. The van der Waals surface area contributed by atoms with Crippen molar-refractivity contribution in [1.29, 1.82) is 0 Å².